The Morgan fingerprint density at radius 1 is 1.09 bits per heavy atom. The van der Waals surface area contributed by atoms with Crippen LogP contribution in [0.3, 0.4) is 0 Å². The van der Waals surface area contributed by atoms with Crippen molar-refractivity contribution < 1.29 is 22.4 Å². The van der Waals surface area contributed by atoms with Crippen molar-refractivity contribution in [3.05, 3.63) is 64.4 Å². The van der Waals surface area contributed by atoms with Gasteiger partial charge in [0.15, 0.2) is 0 Å². The van der Waals surface area contributed by atoms with Crippen molar-refractivity contribution in [3.8, 4) is 0 Å². The number of hydrogen-bond acceptors (Lipinski definition) is 4. The van der Waals surface area contributed by atoms with Crippen molar-refractivity contribution in [2.75, 3.05) is 23.7 Å². The Morgan fingerprint density at radius 3 is 2.24 bits per heavy atom. The summed E-state index contributed by atoms with van der Waals surface area (Å²) in [5.41, 5.74) is 0.948. The van der Waals surface area contributed by atoms with Gasteiger partial charge in [-0.1, -0.05) is 41.4 Å². The number of nitrogens with one attached hydrogen (secondary N) is 1. The fraction of sp³-hybridized carbons (Fsp3) is 0.391. The number of halogens is 2. The number of amides is 2. The van der Waals surface area contributed by atoms with Crippen LogP contribution in [0.15, 0.2) is 53.0 Å². The van der Waals surface area contributed by atoms with E-state index in [1.807, 2.05) is 31.2 Å². The number of unbranched alkanes of at least 4 members (excludes halogenated alkanes) is 1. The van der Waals surface area contributed by atoms with E-state index < -0.39 is 34.3 Å². The number of anilines is 1. The van der Waals surface area contributed by atoms with Crippen LogP contribution in [0.1, 0.15) is 32.3 Å². The molecule has 0 saturated heterocycles. The number of hydrogen-bond donors (Lipinski definition) is 1. The molecular weight excluding hydrogens is 513 g/mol. The molecule has 0 fully saturated rings. The molecule has 0 aliphatic carbocycles. The lowest BCUT2D eigenvalue weighted by molar-refractivity contribution is -0.139. The molecule has 1 atom stereocenters. The third-order valence-corrected chi connectivity index (χ3v) is 6.73. The van der Waals surface area contributed by atoms with Crippen LogP contribution in [0.2, 0.25) is 0 Å². The van der Waals surface area contributed by atoms with Crippen LogP contribution in [-0.4, -0.2) is 50.5 Å². The first-order valence-electron chi connectivity index (χ1n) is 10.6. The fourth-order valence-electron chi connectivity index (χ4n) is 3.13. The predicted octanol–water partition coefficient (Wildman–Crippen LogP) is 3.69. The minimum atomic E-state index is -3.84. The van der Waals surface area contributed by atoms with Crippen molar-refractivity contribution in [2.45, 2.75) is 39.3 Å². The van der Waals surface area contributed by atoms with E-state index in [0.29, 0.717) is 6.54 Å². The van der Waals surface area contributed by atoms with Crippen molar-refractivity contribution in [1.29, 1.82) is 0 Å². The second kappa shape index (κ2) is 12.1. The summed E-state index contributed by atoms with van der Waals surface area (Å²) in [6.45, 7) is 3.71. The molecule has 2 amide bonds. The van der Waals surface area contributed by atoms with E-state index in [2.05, 4.69) is 21.2 Å². The molecule has 2 aromatic carbocycles. The second-order valence-electron chi connectivity index (χ2n) is 7.71. The SMILES string of the molecule is CCCCNC(=O)[C@@H](C)N(Cc1ccc(Br)cc1)C(=O)CN(c1ccc(F)cc1)S(C)(=O)=O. The molecule has 10 heteroatoms. The van der Waals surface area contributed by atoms with Gasteiger partial charge in [-0.05, 0) is 55.3 Å². The average molecular weight is 542 g/mol. The average Bonchev–Trinajstić information content (AvgIpc) is 2.76. The summed E-state index contributed by atoms with van der Waals surface area (Å²) < 4.78 is 40.0. The van der Waals surface area contributed by atoms with Gasteiger partial charge in [0.2, 0.25) is 21.8 Å². The highest BCUT2D eigenvalue weighted by atomic mass is 79.9. The molecule has 1 N–H and O–H groups in total. The van der Waals surface area contributed by atoms with Gasteiger partial charge in [-0.15, -0.1) is 0 Å². The van der Waals surface area contributed by atoms with Crippen molar-refractivity contribution in [2.24, 2.45) is 0 Å². The summed E-state index contributed by atoms with van der Waals surface area (Å²) in [7, 11) is -3.84. The zero-order valence-electron chi connectivity index (χ0n) is 18.9. The van der Waals surface area contributed by atoms with Crippen molar-refractivity contribution >= 4 is 43.5 Å². The van der Waals surface area contributed by atoms with E-state index >= 15 is 0 Å². The third-order valence-electron chi connectivity index (χ3n) is 5.06. The molecular formula is C23H29BrFN3O4S. The Bertz CT molecular complexity index is 1050. The van der Waals surface area contributed by atoms with Gasteiger partial charge in [0, 0.05) is 17.6 Å². The highest BCUT2D eigenvalue weighted by molar-refractivity contribution is 9.10. The number of benzene rings is 2. The fourth-order valence-corrected chi connectivity index (χ4v) is 4.24. The number of carbonyl (C=O) groups excluding carboxylic acids is 2. The lowest BCUT2D eigenvalue weighted by atomic mass is 10.1. The molecule has 7 nitrogen and oxygen atoms in total. The molecule has 0 heterocycles. The zero-order chi connectivity index (χ0) is 24.6. The van der Waals surface area contributed by atoms with Gasteiger partial charge < -0.3 is 10.2 Å². The molecule has 0 aliphatic heterocycles. The molecule has 2 rings (SSSR count). The smallest absolute Gasteiger partial charge is 0.244 e. The molecule has 0 bridgehead atoms. The van der Waals surface area contributed by atoms with E-state index in [1.165, 1.54) is 17.0 Å². The first-order chi connectivity index (χ1) is 15.5. The minimum absolute atomic E-state index is 0.121. The molecule has 0 unspecified atom stereocenters. The van der Waals surface area contributed by atoms with Crippen molar-refractivity contribution in [3.63, 3.8) is 0 Å². The summed E-state index contributed by atoms with van der Waals surface area (Å²) in [6, 6.07) is 11.3. The number of sulfonamides is 1. The molecule has 0 saturated carbocycles. The summed E-state index contributed by atoms with van der Waals surface area (Å²) in [5, 5.41) is 2.82. The van der Waals surface area contributed by atoms with Gasteiger partial charge in [0.1, 0.15) is 18.4 Å². The first-order valence-corrected chi connectivity index (χ1v) is 13.2. The number of rotatable bonds is 11. The third kappa shape index (κ3) is 8.12. The van der Waals surface area contributed by atoms with Crippen LogP contribution in [0, 0.1) is 5.82 Å². The lowest BCUT2D eigenvalue weighted by Crippen LogP contribution is -2.51. The maximum Gasteiger partial charge on any atom is 0.244 e. The van der Waals surface area contributed by atoms with E-state index in [1.54, 1.807) is 6.92 Å². The highest BCUT2D eigenvalue weighted by Gasteiger charge is 2.30. The lowest BCUT2D eigenvalue weighted by Gasteiger charge is -2.31. The van der Waals surface area contributed by atoms with Gasteiger partial charge in [-0.3, -0.25) is 13.9 Å². The summed E-state index contributed by atoms with van der Waals surface area (Å²) in [4.78, 5) is 27.4. The standard InChI is InChI=1S/C23H29BrFN3O4S/c1-4-5-14-26-23(30)17(2)27(15-18-6-8-19(24)9-7-18)22(29)16-28(33(3,31)32)21-12-10-20(25)11-13-21/h6-13,17H,4-5,14-16H2,1-3H3,(H,26,30)/t17-/m1/s1. The van der Waals surface area contributed by atoms with Gasteiger partial charge in [0.25, 0.3) is 0 Å². The zero-order valence-corrected chi connectivity index (χ0v) is 21.3. The second-order valence-corrected chi connectivity index (χ2v) is 10.5. The van der Waals surface area contributed by atoms with Crippen molar-refractivity contribution in [1.82, 2.24) is 10.2 Å². The Balaban J connectivity index is 2.32. The topological polar surface area (TPSA) is 86.8 Å². The van der Waals surface area contributed by atoms with E-state index in [9.17, 15) is 22.4 Å². The Labute approximate surface area is 203 Å². The predicted molar refractivity (Wildman–Crippen MR) is 131 cm³/mol. The summed E-state index contributed by atoms with van der Waals surface area (Å²) in [5.74, 6) is -1.39. The number of nitrogens with zero attached hydrogens (tertiary/aromatic N) is 2. The maximum atomic E-state index is 13.3. The van der Waals surface area contributed by atoms with Crippen LogP contribution in [0.5, 0.6) is 0 Å². The van der Waals surface area contributed by atoms with E-state index in [0.717, 1.165) is 45.6 Å². The molecule has 180 valence electrons. The van der Waals surface area contributed by atoms with Gasteiger partial charge in [0.05, 0.1) is 11.9 Å². The van der Waals surface area contributed by atoms with E-state index in [-0.39, 0.29) is 18.1 Å². The normalized spacial score (nSPS) is 12.2. The van der Waals surface area contributed by atoms with Gasteiger partial charge in [-0.2, -0.15) is 0 Å². The Morgan fingerprint density at radius 2 is 1.70 bits per heavy atom. The largest absolute Gasteiger partial charge is 0.354 e. The molecule has 2 aromatic rings. The van der Waals surface area contributed by atoms with Crippen LogP contribution in [0.4, 0.5) is 10.1 Å². The Kier molecular flexibility index (Phi) is 9.85. The molecule has 0 spiro atoms. The van der Waals surface area contributed by atoms with Crippen LogP contribution in [0.25, 0.3) is 0 Å². The van der Waals surface area contributed by atoms with E-state index in [4.69, 9.17) is 0 Å². The summed E-state index contributed by atoms with van der Waals surface area (Å²) >= 11 is 3.37. The highest BCUT2D eigenvalue weighted by Crippen LogP contribution is 2.20. The first kappa shape index (κ1) is 26.8. The monoisotopic (exact) mass is 541 g/mol. The Hall–Kier alpha value is -2.46. The van der Waals surface area contributed by atoms with Crippen LogP contribution < -0.4 is 9.62 Å². The molecule has 0 aliphatic rings. The van der Waals surface area contributed by atoms with Gasteiger partial charge >= 0.3 is 0 Å². The van der Waals surface area contributed by atoms with Crippen LogP contribution in [-0.2, 0) is 26.2 Å². The van der Waals surface area contributed by atoms with Crippen LogP contribution >= 0.6 is 15.9 Å². The molecule has 0 radical (unpaired) electrons. The molecule has 33 heavy (non-hydrogen) atoms. The summed E-state index contributed by atoms with van der Waals surface area (Å²) in [6.07, 6.45) is 2.70. The minimum Gasteiger partial charge on any atom is -0.354 e. The number of carbonyl (C=O) groups is 2. The molecule has 0 aromatic heterocycles. The van der Waals surface area contributed by atoms with Gasteiger partial charge in [-0.25, -0.2) is 12.8 Å². The maximum absolute atomic E-state index is 13.3. The quantitative estimate of drug-likeness (QED) is 0.439.